The summed E-state index contributed by atoms with van der Waals surface area (Å²) in [6, 6.07) is 0.443. The van der Waals surface area contributed by atoms with Crippen LogP contribution in [0, 0.1) is 13.8 Å². The van der Waals surface area contributed by atoms with E-state index in [1.54, 1.807) is 0 Å². The van der Waals surface area contributed by atoms with Gasteiger partial charge in [-0.15, -0.1) is 0 Å². The van der Waals surface area contributed by atoms with Crippen LogP contribution in [-0.2, 0) is 18.3 Å². The molecule has 4 heteroatoms. The maximum Gasteiger partial charge on any atom is 0.227 e. The molecule has 19 heavy (non-hydrogen) atoms. The molecule has 1 aliphatic rings. The van der Waals surface area contributed by atoms with E-state index in [1.165, 1.54) is 6.42 Å². The second kappa shape index (κ2) is 5.76. The van der Waals surface area contributed by atoms with Gasteiger partial charge < -0.3 is 4.90 Å². The highest BCUT2D eigenvalue weighted by Gasteiger charge is 2.26. The van der Waals surface area contributed by atoms with Crippen molar-refractivity contribution in [2.75, 3.05) is 6.54 Å². The quantitative estimate of drug-likeness (QED) is 0.839. The Morgan fingerprint density at radius 3 is 2.68 bits per heavy atom. The molecule has 0 aromatic carbocycles. The number of likely N-dealkylation sites (tertiary alicyclic amines) is 1. The maximum atomic E-state index is 12.5. The Hall–Kier alpha value is -1.32. The number of carbonyl (C=O) groups is 1. The number of hydrogen-bond acceptors (Lipinski definition) is 2. The van der Waals surface area contributed by atoms with Gasteiger partial charge in [-0.2, -0.15) is 5.10 Å². The van der Waals surface area contributed by atoms with Crippen LogP contribution in [0.25, 0.3) is 0 Å². The van der Waals surface area contributed by atoms with E-state index >= 15 is 0 Å². The van der Waals surface area contributed by atoms with Crippen LogP contribution in [0.2, 0.25) is 0 Å². The lowest BCUT2D eigenvalue weighted by Gasteiger charge is -2.35. The van der Waals surface area contributed by atoms with Gasteiger partial charge in [0.15, 0.2) is 0 Å². The van der Waals surface area contributed by atoms with Crippen LogP contribution >= 0.6 is 0 Å². The van der Waals surface area contributed by atoms with Crippen molar-refractivity contribution in [2.45, 2.75) is 58.9 Å². The van der Waals surface area contributed by atoms with E-state index in [0.29, 0.717) is 12.5 Å². The van der Waals surface area contributed by atoms with Crippen molar-refractivity contribution in [2.24, 2.45) is 7.05 Å². The minimum atomic E-state index is 0.269. The summed E-state index contributed by atoms with van der Waals surface area (Å²) in [5.41, 5.74) is 3.20. The molecule has 0 N–H and O–H groups in total. The molecule has 0 bridgehead atoms. The number of piperidine rings is 1. The van der Waals surface area contributed by atoms with E-state index in [1.807, 2.05) is 25.6 Å². The third-order valence-corrected chi connectivity index (χ3v) is 4.41. The average molecular weight is 263 g/mol. The summed E-state index contributed by atoms with van der Waals surface area (Å²) in [6.07, 6.45) is 5.13. The second-order valence-electron chi connectivity index (χ2n) is 5.59. The number of amides is 1. The lowest BCUT2D eigenvalue weighted by Crippen LogP contribution is -2.44. The van der Waals surface area contributed by atoms with Crippen molar-refractivity contribution in [3.8, 4) is 0 Å². The van der Waals surface area contributed by atoms with E-state index in [4.69, 9.17) is 0 Å². The first kappa shape index (κ1) is 14.1. The Bertz CT molecular complexity index is 464. The Labute approximate surface area is 115 Å². The maximum absolute atomic E-state index is 12.5. The molecule has 1 unspecified atom stereocenters. The van der Waals surface area contributed by atoms with Crippen molar-refractivity contribution in [1.29, 1.82) is 0 Å². The Balaban J connectivity index is 2.11. The Morgan fingerprint density at radius 1 is 1.37 bits per heavy atom. The van der Waals surface area contributed by atoms with Crippen LogP contribution in [0.3, 0.4) is 0 Å². The molecule has 106 valence electrons. The predicted molar refractivity (Wildman–Crippen MR) is 76.0 cm³/mol. The summed E-state index contributed by atoms with van der Waals surface area (Å²) < 4.78 is 1.87. The van der Waals surface area contributed by atoms with Gasteiger partial charge in [-0.25, -0.2) is 0 Å². The molecule has 0 spiro atoms. The second-order valence-corrected chi connectivity index (χ2v) is 5.59. The Kier molecular flexibility index (Phi) is 4.27. The molecular formula is C15H25N3O. The standard InChI is InChI=1S/C15H25N3O/c1-5-13-8-6-7-9-18(13)15(19)10-14-11(2)16-17(4)12(14)3/h13H,5-10H2,1-4H3. The van der Waals surface area contributed by atoms with E-state index in [2.05, 4.69) is 16.9 Å². The van der Waals surface area contributed by atoms with Crippen molar-refractivity contribution < 1.29 is 4.79 Å². The molecule has 4 nitrogen and oxygen atoms in total. The molecule has 2 heterocycles. The molecule has 0 aliphatic carbocycles. The molecule has 1 aromatic rings. The molecule has 1 amide bonds. The van der Waals surface area contributed by atoms with Gasteiger partial charge in [0.25, 0.3) is 0 Å². The molecule has 1 saturated heterocycles. The largest absolute Gasteiger partial charge is 0.339 e. The number of rotatable bonds is 3. The van der Waals surface area contributed by atoms with Gasteiger partial charge >= 0.3 is 0 Å². The first-order valence-corrected chi connectivity index (χ1v) is 7.33. The van der Waals surface area contributed by atoms with Crippen molar-refractivity contribution in [3.63, 3.8) is 0 Å². The van der Waals surface area contributed by atoms with Crippen LogP contribution in [-0.4, -0.2) is 33.2 Å². The molecule has 1 atom stereocenters. The predicted octanol–water partition coefficient (Wildman–Crippen LogP) is 2.37. The van der Waals surface area contributed by atoms with Crippen LogP contribution in [0.5, 0.6) is 0 Å². The molecule has 1 fully saturated rings. The summed E-state index contributed by atoms with van der Waals surface area (Å²) in [5, 5.41) is 4.39. The molecule has 0 radical (unpaired) electrons. The van der Waals surface area contributed by atoms with Crippen LogP contribution in [0.15, 0.2) is 0 Å². The highest BCUT2D eigenvalue weighted by atomic mass is 16.2. The lowest BCUT2D eigenvalue weighted by molar-refractivity contribution is -0.134. The van der Waals surface area contributed by atoms with Gasteiger partial charge in [0.1, 0.15) is 0 Å². The zero-order chi connectivity index (χ0) is 14.0. The lowest BCUT2D eigenvalue weighted by atomic mass is 9.98. The average Bonchev–Trinajstić information content (AvgIpc) is 2.65. The number of carbonyl (C=O) groups excluding carboxylic acids is 1. The molecule has 0 saturated carbocycles. The molecular weight excluding hydrogens is 238 g/mol. The Morgan fingerprint density at radius 2 is 2.11 bits per heavy atom. The monoisotopic (exact) mass is 263 g/mol. The first-order chi connectivity index (χ1) is 9.04. The summed E-state index contributed by atoms with van der Waals surface area (Å²) in [4.78, 5) is 14.6. The smallest absolute Gasteiger partial charge is 0.227 e. The topological polar surface area (TPSA) is 38.1 Å². The van der Waals surface area contributed by atoms with Crippen LogP contribution in [0.4, 0.5) is 0 Å². The van der Waals surface area contributed by atoms with Crippen LogP contribution in [0.1, 0.15) is 49.6 Å². The molecule has 1 aromatic heterocycles. The van der Waals surface area contributed by atoms with Gasteiger partial charge in [0, 0.05) is 30.9 Å². The number of aryl methyl sites for hydroxylation is 2. The number of hydrogen-bond donors (Lipinski definition) is 0. The zero-order valence-electron chi connectivity index (χ0n) is 12.6. The third kappa shape index (κ3) is 2.82. The summed E-state index contributed by atoms with van der Waals surface area (Å²) in [6.45, 7) is 7.13. The van der Waals surface area contributed by atoms with Gasteiger partial charge in [-0.05, 0) is 39.5 Å². The normalized spacial score (nSPS) is 19.8. The highest BCUT2D eigenvalue weighted by Crippen LogP contribution is 2.22. The summed E-state index contributed by atoms with van der Waals surface area (Å²) in [7, 11) is 1.94. The number of nitrogens with zero attached hydrogens (tertiary/aromatic N) is 3. The van der Waals surface area contributed by atoms with Gasteiger partial charge in [-0.3, -0.25) is 9.48 Å². The fourth-order valence-corrected chi connectivity index (χ4v) is 3.08. The van der Waals surface area contributed by atoms with Gasteiger partial charge in [0.2, 0.25) is 5.91 Å². The molecule has 1 aliphatic heterocycles. The first-order valence-electron chi connectivity index (χ1n) is 7.33. The van der Waals surface area contributed by atoms with E-state index < -0.39 is 0 Å². The van der Waals surface area contributed by atoms with Crippen LogP contribution < -0.4 is 0 Å². The number of aromatic nitrogens is 2. The minimum absolute atomic E-state index is 0.269. The molecule has 2 rings (SSSR count). The minimum Gasteiger partial charge on any atom is -0.339 e. The highest BCUT2D eigenvalue weighted by molar-refractivity contribution is 5.79. The van der Waals surface area contributed by atoms with E-state index in [-0.39, 0.29) is 5.91 Å². The fourth-order valence-electron chi connectivity index (χ4n) is 3.08. The van der Waals surface area contributed by atoms with Gasteiger partial charge in [0.05, 0.1) is 12.1 Å². The van der Waals surface area contributed by atoms with Gasteiger partial charge in [-0.1, -0.05) is 6.92 Å². The summed E-state index contributed by atoms with van der Waals surface area (Å²) in [5.74, 6) is 0.269. The van der Waals surface area contributed by atoms with Crippen molar-refractivity contribution >= 4 is 5.91 Å². The van der Waals surface area contributed by atoms with E-state index in [0.717, 1.165) is 42.8 Å². The van der Waals surface area contributed by atoms with Crippen molar-refractivity contribution in [3.05, 3.63) is 17.0 Å². The van der Waals surface area contributed by atoms with E-state index in [9.17, 15) is 4.79 Å². The fraction of sp³-hybridized carbons (Fsp3) is 0.733. The third-order valence-electron chi connectivity index (χ3n) is 4.41. The SMILES string of the molecule is CCC1CCCCN1C(=O)Cc1c(C)nn(C)c1C. The zero-order valence-corrected chi connectivity index (χ0v) is 12.6. The van der Waals surface area contributed by atoms with Crippen molar-refractivity contribution in [1.82, 2.24) is 14.7 Å². The summed E-state index contributed by atoms with van der Waals surface area (Å²) >= 11 is 0.